The van der Waals surface area contributed by atoms with Crippen molar-refractivity contribution in [1.82, 2.24) is 4.90 Å². The molecule has 2 rings (SSSR count). The van der Waals surface area contributed by atoms with Gasteiger partial charge in [0.2, 0.25) is 0 Å². The van der Waals surface area contributed by atoms with E-state index in [1.54, 1.807) is 7.11 Å². The quantitative estimate of drug-likeness (QED) is 0.772. The number of fused-ring (bicyclic) bond motifs is 1. The molecule has 0 aromatic heterocycles. The number of methoxy groups -OCH3 is 1. The van der Waals surface area contributed by atoms with Crippen LogP contribution in [0.3, 0.4) is 0 Å². The normalized spacial score (nSPS) is 14.5. The Bertz CT molecular complexity index is 378. The number of hydrogen-bond acceptors (Lipinski definition) is 3. The Kier molecular flexibility index (Phi) is 4.02. The van der Waals surface area contributed by atoms with Crippen LogP contribution in [0.4, 0.5) is 5.69 Å². The predicted molar refractivity (Wildman–Crippen MR) is 71.6 cm³/mol. The molecule has 94 valence electrons. The molecule has 1 aromatic rings. The van der Waals surface area contributed by atoms with Crippen molar-refractivity contribution in [3.05, 3.63) is 29.3 Å². The zero-order chi connectivity index (χ0) is 12.3. The standard InChI is InChI=1S/C14H22N2O/c1-15(9-10-17-3)11-12-5-4-6-14-13(12)7-8-16(14)2/h4-6H,7-11H2,1-3H3. The van der Waals surface area contributed by atoms with Gasteiger partial charge in [-0.15, -0.1) is 0 Å². The van der Waals surface area contributed by atoms with Gasteiger partial charge in [-0.05, 0) is 30.7 Å². The third-order valence-electron chi connectivity index (χ3n) is 3.47. The number of rotatable bonds is 5. The van der Waals surface area contributed by atoms with Crippen LogP contribution < -0.4 is 4.90 Å². The number of hydrogen-bond donors (Lipinski definition) is 0. The van der Waals surface area contributed by atoms with Crippen molar-refractivity contribution < 1.29 is 4.74 Å². The number of benzene rings is 1. The van der Waals surface area contributed by atoms with Gasteiger partial charge in [0.25, 0.3) is 0 Å². The van der Waals surface area contributed by atoms with Crippen molar-refractivity contribution in [3.8, 4) is 0 Å². The molecule has 0 fully saturated rings. The molecular formula is C14H22N2O. The van der Waals surface area contributed by atoms with Crippen LogP contribution in [0.1, 0.15) is 11.1 Å². The Morgan fingerprint density at radius 2 is 2.24 bits per heavy atom. The molecule has 0 amide bonds. The van der Waals surface area contributed by atoms with Gasteiger partial charge in [0, 0.05) is 39.5 Å². The van der Waals surface area contributed by atoms with Gasteiger partial charge in [-0.3, -0.25) is 4.90 Å². The van der Waals surface area contributed by atoms with E-state index in [-0.39, 0.29) is 0 Å². The summed E-state index contributed by atoms with van der Waals surface area (Å²) < 4.78 is 5.11. The highest BCUT2D eigenvalue weighted by atomic mass is 16.5. The van der Waals surface area contributed by atoms with Crippen molar-refractivity contribution in [1.29, 1.82) is 0 Å². The van der Waals surface area contributed by atoms with Gasteiger partial charge in [0.05, 0.1) is 6.61 Å². The molecule has 0 spiro atoms. The second-order valence-electron chi connectivity index (χ2n) is 4.82. The maximum Gasteiger partial charge on any atom is 0.0589 e. The van der Waals surface area contributed by atoms with Gasteiger partial charge in [0.15, 0.2) is 0 Å². The zero-order valence-electron chi connectivity index (χ0n) is 11.1. The number of likely N-dealkylation sites (N-methyl/N-ethyl adjacent to an activating group) is 2. The number of ether oxygens (including phenoxy) is 1. The maximum atomic E-state index is 5.11. The molecule has 0 saturated heterocycles. The second kappa shape index (κ2) is 5.52. The molecule has 1 aliphatic rings. The molecule has 3 heteroatoms. The second-order valence-corrected chi connectivity index (χ2v) is 4.82. The van der Waals surface area contributed by atoms with Gasteiger partial charge >= 0.3 is 0 Å². The number of anilines is 1. The van der Waals surface area contributed by atoms with Crippen LogP contribution in [0.5, 0.6) is 0 Å². The first-order valence-corrected chi connectivity index (χ1v) is 6.21. The van der Waals surface area contributed by atoms with Crippen molar-refractivity contribution in [3.63, 3.8) is 0 Å². The molecular weight excluding hydrogens is 212 g/mol. The highest BCUT2D eigenvalue weighted by Gasteiger charge is 2.18. The molecule has 0 atom stereocenters. The Labute approximate surface area is 104 Å². The first-order valence-electron chi connectivity index (χ1n) is 6.21. The van der Waals surface area contributed by atoms with Crippen molar-refractivity contribution in [2.45, 2.75) is 13.0 Å². The van der Waals surface area contributed by atoms with Crippen LogP contribution in [0.15, 0.2) is 18.2 Å². The average molecular weight is 234 g/mol. The summed E-state index contributed by atoms with van der Waals surface area (Å²) in [7, 11) is 6.07. The van der Waals surface area contributed by atoms with E-state index < -0.39 is 0 Å². The largest absolute Gasteiger partial charge is 0.383 e. The lowest BCUT2D eigenvalue weighted by Gasteiger charge is -2.18. The zero-order valence-corrected chi connectivity index (χ0v) is 11.1. The Morgan fingerprint density at radius 1 is 1.41 bits per heavy atom. The minimum Gasteiger partial charge on any atom is -0.383 e. The minimum absolute atomic E-state index is 0.797. The predicted octanol–water partition coefficient (Wildman–Crippen LogP) is 1.76. The van der Waals surface area contributed by atoms with Crippen LogP contribution in [0.25, 0.3) is 0 Å². The first kappa shape index (κ1) is 12.4. The Balaban J connectivity index is 2.07. The van der Waals surface area contributed by atoms with E-state index in [9.17, 15) is 0 Å². The van der Waals surface area contributed by atoms with Crippen LogP contribution in [0, 0.1) is 0 Å². The Morgan fingerprint density at radius 3 is 3.00 bits per heavy atom. The van der Waals surface area contributed by atoms with E-state index in [1.165, 1.54) is 23.2 Å². The van der Waals surface area contributed by atoms with Gasteiger partial charge in [-0.2, -0.15) is 0 Å². The van der Waals surface area contributed by atoms with Crippen LogP contribution in [-0.4, -0.2) is 45.8 Å². The molecule has 1 heterocycles. The summed E-state index contributed by atoms with van der Waals surface area (Å²) in [5.41, 5.74) is 4.40. The molecule has 0 N–H and O–H groups in total. The highest BCUT2D eigenvalue weighted by molar-refractivity contribution is 5.60. The molecule has 17 heavy (non-hydrogen) atoms. The topological polar surface area (TPSA) is 15.7 Å². The summed E-state index contributed by atoms with van der Waals surface area (Å²) in [6.45, 7) is 3.94. The molecule has 1 aromatic carbocycles. The lowest BCUT2D eigenvalue weighted by Crippen LogP contribution is -2.22. The molecule has 0 saturated carbocycles. The van der Waals surface area contributed by atoms with Gasteiger partial charge in [0.1, 0.15) is 0 Å². The van der Waals surface area contributed by atoms with Crippen LogP contribution in [-0.2, 0) is 17.7 Å². The average Bonchev–Trinajstić information content (AvgIpc) is 2.70. The third-order valence-corrected chi connectivity index (χ3v) is 3.47. The monoisotopic (exact) mass is 234 g/mol. The molecule has 0 unspecified atom stereocenters. The van der Waals surface area contributed by atoms with E-state index in [0.29, 0.717) is 0 Å². The van der Waals surface area contributed by atoms with E-state index in [2.05, 4.69) is 42.1 Å². The van der Waals surface area contributed by atoms with Crippen molar-refractivity contribution in [2.24, 2.45) is 0 Å². The summed E-state index contributed by atoms with van der Waals surface area (Å²) in [4.78, 5) is 4.66. The first-order chi connectivity index (χ1) is 8.22. The lowest BCUT2D eigenvalue weighted by atomic mass is 10.0. The van der Waals surface area contributed by atoms with E-state index in [0.717, 1.165) is 26.2 Å². The summed E-state index contributed by atoms with van der Waals surface area (Å²) in [5.74, 6) is 0. The van der Waals surface area contributed by atoms with Gasteiger partial charge in [-0.25, -0.2) is 0 Å². The molecule has 3 nitrogen and oxygen atoms in total. The fourth-order valence-corrected chi connectivity index (χ4v) is 2.43. The van der Waals surface area contributed by atoms with E-state index in [4.69, 9.17) is 4.74 Å². The van der Waals surface area contributed by atoms with Crippen molar-refractivity contribution in [2.75, 3.05) is 45.8 Å². The number of nitrogens with zero attached hydrogens (tertiary/aromatic N) is 2. The van der Waals surface area contributed by atoms with Crippen molar-refractivity contribution >= 4 is 5.69 Å². The fourth-order valence-electron chi connectivity index (χ4n) is 2.43. The maximum absolute atomic E-state index is 5.11. The third kappa shape index (κ3) is 2.79. The van der Waals surface area contributed by atoms with Gasteiger partial charge < -0.3 is 9.64 Å². The molecule has 0 radical (unpaired) electrons. The SMILES string of the molecule is COCCN(C)Cc1cccc2c1CCN2C. The summed E-state index contributed by atoms with van der Waals surface area (Å²) >= 11 is 0. The summed E-state index contributed by atoms with van der Waals surface area (Å²) in [6.07, 6.45) is 1.18. The van der Waals surface area contributed by atoms with Crippen LogP contribution >= 0.6 is 0 Å². The fraction of sp³-hybridized carbons (Fsp3) is 0.571. The van der Waals surface area contributed by atoms with E-state index in [1.807, 2.05) is 0 Å². The lowest BCUT2D eigenvalue weighted by molar-refractivity contribution is 0.158. The molecule has 0 aliphatic carbocycles. The van der Waals surface area contributed by atoms with Crippen LogP contribution in [0.2, 0.25) is 0 Å². The van der Waals surface area contributed by atoms with Gasteiger partial charge in [-0.1, -0.05) is 12.1 Å². The minimum atomic E-state index is 0.797. The summed E-state index contributed by atoms with van der Waals surface area (Å²) in [5, 5.41) is 0. The molecule has 1 aliphatic heterocycles. The molecule has 0 bridgehead atoms. The Hall–Kier alpha value is -1.06. The summed E-state index contributed by atoms with van der Waals surface area (Å²) in [6, 6.07) is 6.64. The highest BCUT2D eigenvalue weighted by Crippen LogP contribution is 2.29. The smallest absolute Gasteiger partial charge is 0.0589 e. The van der Waals surface area contributed by atoms with E-state index >= 15 is 0 Å².